The van der Waals surface area contributed by atoms with Crippen LogP contribution in [-0.2, 0) is 0 Å². The SMILES string of the molecule is CN(C)CCN1CCN(C(=O)c2ccc(N)cc2N)CC1. The summed E-state index contributed by atoms with van der Waals surface area (Å²) in [4.78, 5) is 18.9. The van der Waals surface area contributed by atoms with Gasteiger partial charge in [-0.05, 0) is 32.3 Å². The van der Waals surface area contributed by atoms with E-state index in [1.165, 1.54) is 0 Å². The largest absolute Gasteiger partial charge is 0.399 e. The number of nitrogens with two attached hydrogens (primary N) is 2. The quantitative estimate of drug-likeness (QED) is 0.773. The summed E-state index contributed by atoms with van der Waals surface area (Å²) >= 11 is 0. The van der Waals surface area contributed by atoms with Crippen molar-refractivity contribution in [2.45, 2.75) is 0 Å². The zero-order valence-electron chi connectivity index (χ0n) is 12.9. The number of likely N-dealkylation sites (N-methyl/N-ethyl adjacent to an activating group) is 1. The molecule has 0 aliphatic carbocycles. The van der Waals surface area contributed by atoms with E-state index in [4.69, 9.17) is 11.5 Å². The highest BCUT2D eigenvalue weighted by Gasteiger charge is 2.23. The molecule has 1 aromatic rings. The van der Waals surface area contributed by atoms with Crippen molar-refractivity contribution in [2.24, 2.45) is 0 Å². The van der Waals surface area contributed by atoms with Crippen LogP contribution in [-0.4, -0.2) is 74.0 Å². The summed E-state index contributed by atoms with van der Waals surface area (Å²) in [6, 6.07) is 5.07. The monoisotopic (exact) mass is 291 g/mol. The second-order valence-electron chi connectivity index (χ2n) is 5.78. The van der Waals surface area contributed by atoms with E-state index in [1.807, 2.05) is 4.90 Å². The number of benzene rings is 1. The Bertz CT molecular complexity index is 495. The van der Waals surface area contributed by atoms with Crippen LogP contribution in [0.2, 0.25) is 0 Å². The average molecular weight is 291 g/mol. The zero-order valence-corrected chi connectivity index (χ0v) is 12.9. The van der Waals surface area contributed by atoms with E-state index in [2.05, 4.69) is 23.9 Å². The van der Waals surface area contributed by atoms with E-state index < -0.39 is 0 Å². The highest BCUT2D eigenvalue weighted by atomic mass is 16.2. The number of anilines is 2. The molecule has 1 fully saturated rings. The van der Waals surface area contributed by atoms with Gasteiger partial charge in [0, 0.05) is 50.6 Å². The number of nitrogen functional groups attached to an aromatic ring is 2. The van der Waals surface area contributed by atoms with Gasteiger partial charge in [-0.15, -0.1) is 0 Å². The van der Waals surface area contributed by atoms with Crippen LogP contribution >= 0.6 is 0 Å². The van der Waals surface area contributed by atoms with E-state index in [9.17, 15) is 4.79 Å². The molecular weight excluding hydrogens is 266 g/mol. The van der Waals surface area contributed by atoms with Crippen LogP contribution < -0.4 is 11.5 Å². The molecule has 1 amide bonds. The fraction of sp³-hybridized carbons (Fsp3) is 0.533. The van der Waals surface area contributed by atoms with Crippen LogP contribution in [0.1, 0.15) is 10.4 Å². The van der Waals surface area contributed by atoms with Crippen LogP contribution in [0.3, 0.4) is 0 Å². The second kappa shape index (κ2) is 6.78. The molecule has 4 N–H and O–H groups in total. The number of piperazine rings is 1. The number of carbonyl (C=O) groups excluding carboxylic acids is 1. The molecule has 21 heavy (non-hydrogen) atoms. The maximum Gasteiger partial charge on any atom is 0.256 e. The molecule has 1 aliphatic rings. The molecule has 0 bridgehead atoms. The van der Waals surface area contributed by atoms with Gasteiger partial charge in [-0.3, -0.25) is 9.69 Å². The third-order valence-electron chi connectivity index (χ3n) is 3.83. The predicted molar refractivity (Wildman–Crippen MR) is 86.2 cm³/mol. The fourth-order valence-corrected chi connectivity index (χ4v) is 2.46. The van der Waals surface area contributed by atoms with Gasteiger partial charge < -0.3 is 21.3 Å². The Morgan fingerprint density at radius 3 is 2.43 bits per heavy atom. The van der Waals surface area contributed by atoms with E-state index in [1.54, 1.807) is 18.2 Å². The molecule has 0 radical (unpaired) electrons. The first kappa shape index (κ1) is 15.6. The van der Waals surface area contributed by atoms with E-state index in [0.717, 1.165) is 39.3 Å². The smallest absolute Gasteiger partial charge is 0.256 e. The van der Waals surface area contributed by atoms with Crippen molar-refractivity contribution in [3.63, 3.8) is 0 Å². The maximum atomic E-state index is 12.5. The third-order valence-corrected chi connectivity index (χ3v) is 3.83. The molecule has 6 nitrogen and oxygen atoms in total. The van der Waals surface area contributed by atoms with Gasteiger partial charge in [0.05, 0.1) is 5.56 Å². The number of carbonyl (C=O) groups is 1. The molecule has 1 saturated heterocycles. The summed E-state index contributed by atoms with van der Waals surface area (Å²) in [5, 5.41) is 0. The lowest BCUT2D eigenvalue weighted by molar-refractivity contribution is 0.0631. The molecule has 1 heterocycles. The van der Waals surface area contributed by atoms with Gasteiger partial charge in [-0.2, -0.15) is 0 Å². The maximum absolute atomic E-state index is 12.5. The molecule has 0 spiro atoms. The van der Waals surface area contributed by atoms with Crippen LogP contribution in [0.4, 0.5) is 11.4 Å². The molecule has 1 aromatic carbocycles. The minimum absolute atomic E-state index is 0.000223. The lowest BCUT2D eigenvalue weighted by atomic mass is 10.1. The molecule has 6 heteroatoms. The normalized spacial score (nSPS) is 16.4. The van der Waals surface area contributed by atoms with E-state index in [0.29, 0.717) is 16.9 Å². The van der Waals surface area contributed by atoms with E-state index in [-0.39, 0.29) is 5.91 Å². The Balaban J connectivity index is 1.91. The number of nitrogens with zero attached hydrogens (tertiary/aromatic N) is 3. The van der Waals surface area contributed by atoms with Gasteiger partial charge in [0.1, 0.15) is 0 Å². The Morgan fingerprint density at radius 1 is 1.19 bits per heavy atom. The summed E-state index contributed by atoms with van der Waals surface area (Å²) in [5.74, 6) is -0.000223. The first-order valence-electron chi connectivity index (χ1n) is 7.28. The molecule has 0 saturated carbocycles. The summed E-state index contributed by atoms with van der Waals surface area (Å²) in [7, 11) is 4.15. The Hall–Kier alpha value is -1.79. The fourth-order valence-electron chi connectivity index (χ4n) is 2.46. The lowest BCUT2D eigenvalue weighted by Crippen LogP contribution is -2.50. The number of rotatable bonds is 4. The minimum atomic E-state index is -0.000223. The first-order valence-corrected chi connectivity index (χ1v) is 7.28. The Kier molecular flexibility index (Phi) is 5.03. The number of hydrogen-bond acceptors (Lipinski definition) is 5. The topological polar surface area (TPSA) is 78.8 Å². The van der Waals surface area contributed by atoms with Gasteiger partial charge >= 0.3 is 0 Å². The van der Waals surface area contributed by atoms with Crippen molar-refractivity contribution < 1.29 is 4.79 Å². The highest BCUT2D eigenvalue weighted by molar-refractivity contribution is 5.99. The van der Waals surface area contributed by atoms with Crippen LogP contribution in [0.25, 0.3) is 0 Å². The van der Waals surface area contributed by atoms with Gasteiger partial charge in [0.15, 0.2) is 0 Å². The molecule has 116 valence electrons. The van der Waals surface area contributed by atoms with Gasteiger partial charge in [-0.25, -0.2) is 0 Å². The van der Waals surface area contributed by atoms with Crippen molar-refractivity contribution in [3.05, 3.63) is 23.8 Å². The summed E-state index contributed by atoms with van der Waals surface area (Å²) in [5.41, 5.74) is 13.1. The van der Waals surface area contributed by atoms with Crippen LogP contribution in [0.5, 0.6) is 0 Å². The third kappa shape index (κ3) is 4.09. The summed E-state index contributed by atoms with van der Waals surface area (Å²) in [6.45, 7) is 5.40. The Labute approximate surface area is 126 Å². The predicted octanol–water partition coefficient (Wildman–Crippen LogP) is 0.170. The van der Waals surface area contributed by atoms with Gasteiger partial charge in [-0.1, -0.05) is 0 Å². The molecule has 1 aliphatic heterocycles. The molecule has 0 atom stereocenters. The number of hydrogen-bond donors (Lipinski definition) is 2. The summed E-state index contributed by atoms with van der Waals surface area (Å²) in [6.07, 6.45) is 0. The van der Waals surface area contributed by atoms with Gasteiger partial charge in [0.2, 0.25) is 0 Å². The average Bonchev–Trinajstić information content (AvgIpc) is 2.45. The van der Waals surface area contributed by atoms with Crippen molar-refractivity contribution >= 4 is 17.3 Å². The lowest BCUT2D eigenvalue weighted by Gasteiger charge is -2.35. The highest BCUT2D eigenvalue weighted by Crippen LogP contribution is 2.18. The molecule has 2 rings (SSSR count). The zero-order chi connectivity index (χ0) is 15.4. The standard InChI is InChI=1S/C15H25N5O/c1-18(2)5-6-19-7-9-20(10-8-19)15(21)13-4-3-12(16)11-14(13)17/h3-4,11H,5-10,16-17H2,1-2H3. The second-order valence-corrected chi connectivity index (χ2v) is 5.78. The van der Waals surface area contributed by atoms with Crippen LogP contribution in [0.15, 0.2) is 18.2 Å². The van der Waals surface area contributed by atoms with Gasteiger partial charge in [0.25, 0.3) is 5.91 Å². The van der Waals surface area contributed by atoms with Crippen LogP contribution in [0, 0.1) is 0 Å². The molecule has 0 aromatic heterocycles. The minimum Gasteiger partial charge on any atom is -0.399 e. The Morgan fingerprint density at radius 2 is 1.86 bits per heavy atom. The van der Waals surface area contributed by atoms with Crippen molar-refractivity contribution in [1.82, 2.24) is 14.7 Å². The summed E-state index contributed by atoms with van der Waals surface area (Å²) < 4.78 is 0. The van der Waals surface area contributed by atoms with E-state index >= 15 is 0 Å². The van der Waals surface area contributed by atoms with Crippen molar-refractivity contribution in [3.8, 4) is 0 Å². The first-order chi connectivity index (χ1) is 9.97. The molecular formula is C15H25N5O. The number of amides is 1. The van der Waals surface area contributed by atoms with Crippen molar-refractivity contribution in [2.75, 3.05) is 64.8 Å². The van der Waals surface area contributed by atoms with Crippen molar-refractivity contribution in [1.29, 1.82) is 0 Å². The molecule has 0 unspecified atom stereocenters.